The monoisotopic (exact) mass is 310 g/mol. The van der Waals surface area contributed by atoms with E-state index in [1.165, 1.54) is 42.8 Å². The van der Waals surface area contributed by atoms with Crippen molar-refractivity contribution in [2.45, 2.75) is 64.3 Å². The number of nitrogens with one attached hydrogen (secondary N) is 1. The largest absolute Gasteiger partial charge is 0.383 e. The van der Waals surface area contributed by atoms with Crippen molar-refractivity contribution in [3.05, 3.63) is 16.1 Å². The first kappa shape index (κ1) is 16.9. The van der Waals surface area contributed by atoms with Gasteiger partial charge >= 0.3 is 0 Å². The van der Waals surface area contributed by atoms with Crippen LogP contribution in [-0.4, -0.2) is 25.2 Å². The van der Waals surface area contributed by atoms with Crippen LogP contribution in [0.15, 0.2) is 5.38 Å². The fourth-order valence-electron chi connectivity index (χ4n) is 3.21. The molecule has 2 rings (SSSR count). The summed E-state index contributed by atoms with van der Waals surface area (Å²) in [6.45, 7) is 8.43. The van der Waals surface area contributed by atoms with Gasteiger partial charge in [0.15, 0.2) is 0 Å². The first-order valence-corrected chi connectivity index (χ1v) is 9.19. The minimum Gasteiger partial charge on any atom is -0.383 e. The van der Waals surface area contributed by atoms with Gasteiger partial charge in [-0.3, -0.25) is 0 Å². The zero-order valence-electron chi connectivity index (χ0n) is 13.9. The molecule has 0 radical (unpaired) electrons. The highest BCUT2D eigenvalue weighted by Crippen LogP contribution is 2.42. The van der Waals surface area contributed by atoms with Gasteiger partial charge in [-0.05, 0) is 37.5 Å². The van der Waals surface area contributed by atoms with Crippen LogP contribution >= 0.6 is 11.3 Å². The third-order valence-electron chi connectivity index (χ3n) is 4.83. The van der Waals surface area contributed by atoms with Crippen LogP contribution in [0, 0.1) is 5.92 Å². The van der Waals surface area contributed by atoms with E-state index in [2.05, 4.69) is 31.5 Å². The van der Waals surface area contributed by atoms with Crippen molar-refractivity contribution in [1.82, 2.24) is 10.3 Å². The molecular weight excluding hydrogens is 280 g/mol. The highest BCUT2D eigenvalue weighted by molar-refractivity contribution is 7.09. The number of aromatic nitrogens is 1. The van der Waals surface area contributed by atoms with Crippen molar-refractivity contribution in [1.29, 1.82) is 0 Å². The van der Waals surface area contributed by atoms with Gasteiger partial charge in [0.1, 0.15) is 5.01 Å². The van der Waals surface area contributed by atoms with Gasteiger partial charge in [-0.2, -0.15) is 0 Å². The van der Waals surface area contributed by atoms with E-state index in [0.717, 1.165) is 19.1 Å². The summed E-state index contributed by atoms with van der Waals surface area (Å²) >= 11 is 1.84. The Bertz CT molecular complexity index is 417. The van der Waals surface area contributed by atoms with Crippen LogP contribution in [0.25, 0.3) is 0 Å². The normalized spacial score (nSPS) is 26.4. The van der Waals surface area contributed by atoms with E-state index in [9.17, 15) is 0 Å². The molecule has 0 bridgehead atoms. The Morgan fingerprint density at radius 3 is 2.67 bits per heavy atom. The number of thiazole rings is 1. The van der Waals surface area contributed by atoms with Crippen LogP contribution in [-0.2, 0) is 10.3 Å². The minimum absolute atomic E-state index is 0.0853. The average molecular weight is 311 g/mol. The molecule has 1 aromatic rings. The minimum atomic E-state index is 0.0853. The molecule has 0 atom stereocenters. The molecule has 3 nitrogen and oxygen atoms in total. The van der Waals surface area contributed by atoms with Crippen molar-refractivity contribution in [2.24, 2.45) is 5.92 Å². The Kier molecular flexibility index (Phi) is 6.20. The summed E-state index contributed by atoms with van der Waals surface area (Å²) in [5.41, 5.74) is 1.32. The van der Waals surface area contributed by atoms with Crippen LogP contribution < -0.4 is 5.32 Å². The van der Waals surface area contributed by atoms with E-state index in [1.54, 1.807) is 7.11 Å². The zero-order chi connectivity index (χ0) is 15.3. The molecule has 1 fully saturated rings. The molecule has 0 aromatic carbocycles. The van der Waals surface area contributed by atoms with Gasteiger partial charge in [0.2, 0.25) is 0 Å². The van der Waals surface area contributed by atoms with Gasteiger partial charge in [-0.1, -0.05) is 27.2 Å². The Morgan fingerprint density at radius 1 is 1.43 bits per heavy atom. The molecule has 1 aliphatic carbocycles. The van der Waals surface area contributed by atoms with Gasteiger partial charge < -0.3 is 10.1 Å². The lowest BCUT2D eigenvalue weighted by molar-refractivity contribution is 0.149. The van der Waals surface area contributed by atoms with Crippen LogP contribution in [0.4, 0.5) is 0 Å². The second-order valence-corrected chi connectivity index (χ2v) is 7.44. The maximum atomic E-state index is 5.22. The molecule has 4 heteroatoms. The quantitative estimate of drug-likeness (QED) is 0.763. The molecule has 1 N–H and O–H groups in total. The topological polar surface area (TPSA) is 34.1 Å². The SMILES string of the molecule is CCC1CCC(NCCOC)(c2nc(C(C)C)cs2)CC1. The Hall–Kier alpha value is -0.450. The van der Waals surface area contributed by atoms with Crippen molar-refractivity contribution < 1.29 is 4.74 Å². The van der Waals surface area contributed by atoms with Gasteiger partial charge in [-0.25, -0.2) is 4.98 Å². The second kappa shape index (κ2) is 7.70. The summed E-state index contributed by atoms with van der Waals surface area (Å²) in [6, 6.07) is 0. The van der Waals surface area contributed by atoms with Crippen molar-refractivity contribution in [3.63, 3.8) is 0 Å². The number of nitrogens with zero attached hydrogens (tertiary/aromatic N) is 1. The van der Waals surface area contributed by atoms with Crippen molar-refractivity contribution in [3.8, 4) is 0 Å². The van der Waals surface area contributed by atoms with Crippen molar-refractivity contribution >= 4 is 11.3 Å². The predicted octanol–water partition coefficient (Wildman–Crippen LogP) is 4.30. The molecule has 1 saturated carbocycles. The zero-order valence-corrected chi connectivity index (χ0v) is 14.8. The summed E-state index contributed by atoms with van der Waals surface area (Å²) in [6.07, 6.45) is 6.35. The molecule has 0 unspecified atom stereocenters. The number of rotatable bonds is 7. The molecule has 120 valence electrons. The highest BCUT2D eigenvalue weighted by atomic mass is 32.1. The fraction of sp³-hybridized carbons (Fsp3) is 0.824. The fourth-order valence-corrected chi connectivity index (χ4v) is 4.43. The van der Waals surface area contributed by atoms with Crippen LogP contribution in [0.5, 0.6) is 0 Å². The summed E-state index contributed by atoms with van der Waals surface area (Å²) in [5, 5.41) is 7.30. The molecule has 0 saturated heterocycles. The smallest absolute Gasteiger partial charge is 0.113 e. The maximum absolute atomic E-state index is 5.22. The van der Waals surface area contributed by atoms with Gasteiger partial charge in [0.25, 0.3) is 0 Å². The molecule has 1 aromatic heterocycles. The van der Waals surface area contributed by atoms with E-state index >= 15 is 0 Å². The lowest BCUT2D eigenvalue weighted by Crippen LogP contribution is -2.46. The number of methoxy groups -OCH3 is 1. The molecule has 21 heavy (non-hydrogen) atoms. The predicted molar refractivity (Wildman–Crippen MR) is 90.0 cm³/mol. The van der Waals surface area contributed by atoms with E-state index in [0.29, 0.717) is 5.92 Å². The second-order valence-electron chi connectivity index (χ2n) is 6.59. The lowest BCUT2D eigenvalue weighted by Gasteiger charge is -2.39. The number of hydrogen-bond acceptors (Lipinski definition) is 4. The lowest BCUT2D eigenvalue weighted by atomic mass is 9.76. The summed E-state index contributed by atoms with van der Waals surface area (Å²) < 4.78 is 5.22. The van der Waals surface area contributed by atoms with E-state index < -0.39 is 0 Å². The Balaban J connectivity index is 2.14. The number of hydrogen-bond donors (Lipinski definition) is 1. The van der Waals surface area contributed by atoms with E-state index in [1.807, 2.05) is 11.3 Å². The average Bonchev–Trinajstić information content (AvgIpc) is 2.99. The molecule has 1 aliphatic rings. The van der Waals surface area contributed by atoms with E-state index in [4.69, 9.17) is 9.72 Å². The van der Waals surface area contributed by atoms with Gasteiger partial charge in [-0.15, -0.1) is 11.3 Å². The first-order valence-electron chi connectivity index (χ1n) is 8.31. The van der Waals surface area contributed by atoms with Gasteiger partial charge in [0, 0.05) is 19.0 Å². The standard InChI is InChI=1S/C17H30N2OS/c1-5-14-6-8-17(9-7-14,18-10-11-20-4)16-19-15(12-21-16)13(2)3/h12-14,18H,5-11H2,1-4H3. The first-order chi connectivity index (χ1) is 10.1. The summed E-state index contributed by atoms with van der Waals surface area (Å²) in [7, 11) is 1.77. The van der Waals surface area contributed by atoms with Crippen molar-refractivity contribution in [2.75, 3.05) is 20.3 Å². The van der Waals surface area contributed by atoms with E-state index in [-0.39, 0.29) is 5.54 Å². The van der Waals surface area contributed by atoms with Crippen LogP contribution in [0.1, 0.15) is 69.5 Å². The summed E-state index contributed by atoms with van der Waals surface area (Å²) in [5.74, 6) is 1.41. The Labute approximate surface area is 133 Å². The highest BCUT2D eigenvalue weighted by Gasteiger charge is 2.38. The third kappa shape index (κ3) is 4.05. The van der Waals surface area contributed by atoms with Crippen LogP contribution in [0.3, 0.4) is 0 Å². The third-order valence-corrected chi connectivity index (χ3v) is 5.89. The van der Waals surface area contributed by atoms with Crippen LogP contribution in [0.2, 0.25) is 0 Å². The van der Waals surface area contributed by atoms with Gasteiger partial charge in [0.05, 0.1) is 17.8 Å². The molecule has 0 amide bonds. The molecule has 0 spiro atoms. The molecule has 1 heterocycles. The number of ether oxygens (including phenoxy) is 1. The molecule has 0 aliphatic heterocycles. The summed E-state index contributed by atoms with van der Waals surface area (Å²) in [4.78, 5) is 4.95. The maximum Gasteiger partial charge on any atom is 0.113 e. The Morgan fingerprint density at radius 2 is 2.14 bits per heavy atom. The molecular formula is C17H30N2OS.